The van der Waals surface area contributed by atoms with Crippen LogP contribution in [-0.2, 0) is 12.1 Å². The van der Waals surface area contributed by atoms with Gasteiger partial charge in [0, 0.05) is 4.88 Å². The van der Waals surface area contributed by atoms with Gasteiger partial charge in [0.1, 0.15) is 27.9 Å². The van der Waals surface area contributed by atoms with Crippen molar-refractivity contribution in [2.45, 2.75) is 38.8 Å². The van der Waals surface area contributed by atoms with Gasteiger partial charge < -0.3 is 10.0 Å². The molecule has 0 unspecified atom stereocenters. The lowest BCUT2D eigenvalue weighted by molar-refractivity contribution is 0.00714. The van der Waals surface area contributed by atoms with Gasteiger partial charge in [-0.3, -0.25) is 4.90 Å². The minimum absolute atomic E-state index is 0.290. The minimum atomic E-state index is -0.973. The van der Waals surface area contributed by atoms with E-state index in [0.717, 1.165) is 47.1 Å². The average molecular weight is 413 g/mol. The van der Waals surface area contributed by atoms with Gasteiger partial charge in [-0.05, 0) is 63.0 Å². The van der Waals surface area contributed by atoms with Crippen molar-refractivity contribution in [3.63, 3.8) is 0 Å². The summed E-state index contributed by atoms with van der Waals surface area (Å²) in [5.41, 5.74) is 0.986. The van der Waals surface area contributed by atoms with Crippen LogP contribution < -0.4 is 4.90 Å². The third kappa shape index (κ3) is 3.31. The first kappa shape index (κ1) is 18.9. The molecule has 3 aromatic rings. The second-order valence-corrected chi connectivity index (χ2v) is 9.51. The first-order chi connectivity index (χ1) is 13.9. The fourth-order valence-electron chi connectivity index (χ4n) is 4.39. The summed E-state index contributed by atoms with van der Waals surface area (Å²) >= 11 is 1.71. The normalized spacial score (nSPS) is 19.1. The fourth-order valence-corrected chi connectivity index (χ4v) is 5.43. The number of rotatable bonds is 4. The van der Waals surface area contributed by atoms with Gasteiger partial charge in [-0.25, -0.2) is 14.4 Å². The Labute approximate surface area is 173 Å². The number of hydrogen-bond donors (Lipinski definition) is 1. The molecule has 2 saturated heterocycles. The summed E-state index contributed by atoms with van der Waals surface area (Å²) in [5, 5.41) is 12.1. The number of likely N-dealkylation sites (tertiary alicyclic amines) is 1. The number of β-amino-alcohol motifs (C(OH)–C–C–N with tert-alkyl or cyclic N) is 1. The molecule has 2 aliphatic rings. The third-order valence-corrected chi connectivity index (χ3v) is 7.31. The molecule has 1 aromatic carbocycles. The van der Waals surface area contributed by atoms with Crippen LogP contribution >= 0.6 is 11.3 Å². The summed E-state index contributed by atoms with van der Waals surface area (Å²) in [4.78, 5) is 16.6. The van der Waals surface area contributed by atoms with Gasteiger partial charge in [-0.15, -0.1) is 11.3 Å². The maximum atomic E-state index is 13.3. The Kier molecular flexibility index (Phi) is 4.57. The van der Waals surface area contributed by atoms with Crippen molar-refractivity contribution in [1.29, 1.82) is 0 Å². The number of halogens is 1. The van der Waals surface area contributed by atoms with Gasteiger partial charge in [-0.1, -0.05) is 12.1 Å². The number of aliphatic hydroxyl groups is 1. The molecule has 152 valence electrons. The second kappa shape index (κ2) is 7.00. The number of nitrogens with zero attached hydrogens (tertiary/aromatic N) is 4. The standard InChI is InChI=1S/C22H25FN4OS/c1-14-15(2)29-21-19(14)20(24-18(25-21)11-26-9-3-4-10-26)27-12-22(28,13-27)16-5-7-17(23)8-6-16/h5-8,28H,3-4,9-13H2,1-2H3. The number of aromatic nitrogens is 2. The van der Waals surface area contributed by atoms with Crippen LogP contribution in [0.25, 0.3) is 10.2 Å². The molecule has 0 saturated carbocycles. The van der Waals surface area contributed by atoms with Gasteiger partial charge in [0.25, 0.3) is 0 Å². The highest BCUT2D eigenvalue weighted by Gasteiger charge is 2.44. The van der Waals surface area contributed by atoms with Crippen LogP contribution in [0.1, 0.15) is 34.7 Å². The highest BCUT2D eigenvalue weighted by molar-refractivity contribution is 7.18. The van der Waals surface area contributed by atoms with Crippen molar-refractivity contribution >= 4 is 27.4 Å². The van der Waals surface area contributed by atoms with Crippen molar-refractivity contribution in [2.75, 3.05) is 31.1 Å². The predicted octanol–water partition coefficient (Wildman–Crippen LogP) is 3.75. The summed E-state index contributed by atoms with van der Waals surface area (Å²) in [6, 6.07) is 6.14. The quantitative estimate of drug-likeness (QED) is 0.707. The molecule has 2 aromatic heterocycles. The monoisotopic (exact) mass is 412 g/mol. The molecular formula is C22H25FN4OS. The van der Waals surface area contributed by atoms with E-state index in [1.807, 2.05) is 0 Å². The number of thiophene rings is 1. The van der Waals surface area contributed by atoms with Crippen LogP contribution in [0.2, 0.25) is 0 Å². The van der Waals surface area contributed by atoms with Crippen molar-refractivity contribution in [2.24, 2.45) is 0 Å². The van der Waals surface area contributed by atoms with Crippen LogP contribution in [0.3, 0.4) is 0 Å². The minimum Gasteiger partial charge on any atom is -0.381 e. The fraction of sp³-hybridized carbons (Fsp3) is 0.455. The maximum absolute atomic E-state index is 13.3. The molecule has 29 heavy (non-hydrogen) atoms. The Bertz CT molecular complexity index is 1050. The van der Waals surface area contributed by atoms with E-state index >= 15 is 0 Å². The summed E-state index contributed by atoms with van der Waals surface area (Å²) in [5.74, 6) is 1.48. The number of benzene rings is 1. The summed E-state index contributed by atoms with van der Waals surface area (Å²) < 4.78 is 13.3. The molecule has 1 N–H and O–H groups in total. The SMILES string of the molecule is Cc1sc2nc(CN3CCCC3)nc(N3CC(O)(c4ccc(F)cc4)C3)c2c1C. The molecule has 0 bridgehead atoms. The van der Waals surface area contributed by atoms with E-state index in [2.05, 4.69) is 23.6 Å². The molecule has 0 amide bonds. The molecule has 0 spiro atoms. The van der Waals surface area contributed by atoms with Gasteiger partial charge in [-0.2, -0.15) is 0 Å². The van der Waals surface area contributed by atoms with Gasteiger partial charge in [0.2, 0.25) is 0 Å². The molecule has 2 fully saturated rings. The Morgan fingerprint density at radius 1 is 1.10 bits per heavy atom. The average Bonchev–Trinajstić information content (AvgIpc) is 3.27. The molecular weight excluding hydrogens is 387 g/mol. The third-order valence-electron chi connectivity index (χ3n) is 6.21. The lowest BCUT2D eigenvalue weighted by Crippen LogP contribution is -2.60. The molecule has 0 atom stereocenters. The van der Waals surface area contributed by atoms with Crippen LogP contribution in [0.15, 0.2) is 24.3 Å². The number of hydrogen-bond acceptors (Lipinski definition) is 6. The van der Waals surface area contributed by atoms with E-state index in [0.29, 0.717) is 13.1 Å². The highest BCUT2D eigenvalue weighted by atomic mass is 32.1. The Morgan fingerprint density at radius 3 is 2.48 bits per heavy atom. The predicted molar refractivity (Wildman–Crippen MR) is 114 cm³/mol. The van der Waals surface area contributed by atoms with E-state index in [4.69, 9.17) is 9.97 Å². The van der Waals surface area contributed by atoms with Crippen LogP contribution in [0, 0.1) is 19.7 Å². The molecule has 0 radical (unpaired) electrons. The topological polar surface area (TPSA) is 52.5 Å². The zero-order valence-electron chi connectivity index (χ0n) is 16.8. The Hall–Kier alpha value is -2.09. The van der Waals surface area contributed by atoms with E-state index in [9.17, 15) is 9.50 Å². The van der Waals surface area contributed by atoms with Crippen molar-refractivity contribution < 1.29 is 9.50 Å². The first-order valence-electron chi connectivity index (χ1n) is 10.2. The molecule has 5 rings (SSSR count). The van der Waals surface area contributed by atoms with E-state index in [-0.39, 0.29) is 5.82 Å². The summed E-state index contributed by atoms with van der Waals surface area (Å²) in [6.45, 7) is 8.11. The summed E-state index contributed by atoms with van der Waals surface area (Å²) in [7, 11) is 0. The molecule has 4 heterocycles. The Morgan fingerprint density at radius 2 is 1.79 bits per heavy atom. The lowest BCUT2D eigenvalue weighted by Gasteiger charge is -2.47. The number of aryl methyl sites for hydroxylation is 2. The smallest absolute Gasteiger partial charge is 0.146 e. The largest absolute Gasteiger partial charge is 0.381 e. The van der Waals surface area contributed by atoms with Crippen molar-refractivity contribution in [3.8, 4) is 0 Å². The van der Waals surface area contributed by atoms with Gasteiger partial charge in [0.15, 0.2) is 0 Å². The molecule has 2 aliphatic heterocycles. The lowest BCUT2D eigenvalue weighted by atomic mass is 9.86. The molecule has 0 aliphatic carbocycles. The van der Waals surface area contributed by atoms with Crippen LogP contribution in [0.5, 0.6) is 0 Å². The van der Waals surface area contributed by atoms with Crippen molar-refractivity contribution in [3.05, 3.63) is 51.9 Å². The highest BCUT2D eigenvalue weighted by Crippen LogP contribution is 2.41. The zero-order chi connectivity index (χ0) is 20.2. The van der Waals surface area contributed by atoms with E-state index in [1.54, 1.807) is 23.5 Å². The van der Waals surface area contributed by atoms with E-state index in [1.165, 1.54) is 35.4 Å². The number of anilines is 1. The Balaban J connectivity index is 1.48. The van der Waals surface area contributed by atoms with Gasteiger partial charge in [0.05, 0.1) is 25.0 Å². The second-order valence-electron chi connectivity index (χ2n) is 8.30. The molecule has 7 heteroatoms. The van der Waals surface area contributed by atoms with Crippen LogP contribution in [-0.4, -0.2) is 46.2 Å². The van der Waals surface area contributed by atoms with Gasteiger partial charge >= 0.3 is 0 Å². The maximum Gasteiger partial charge on any atom is 0.146 e. The van der Waals surface area contributed by atoms with Crippen molar-refractivity contribution in [1.82, 2.24) is 14.9 Å². The zero-order valence-corrected chi connectivity index (χ0v) is 17.6. The summed E-state index contributed by atoms with van der Waals surface area (Å²) in [6.07, 6.45) is 2.48. The van der Waals surface area contributed by atoms with E-state index < -0.39 is 5.60 Å². The number of fused-ring (bicyclic) bond motifs is 1. The molecule has 5 nitrogen and oxygen atoms in total. The van der Waals surface area contributed by atoms with Crippen LogP contribution in [0.4, 0.5) is 10.2 Å². The first-order valence-corrected chi connectivity index (χ1v) is 11.0.